The van der Waals surface area contributed by atoms with E-state index in [1.54, 1.807) is 0 Å². The van der Waals surface area contributed by atoms with Crippen molar-refractivity contribution in [2.45, 2.75) is 37.4 Å². The van der Waals surface area contributed by atoms with E-state index in [0.717, 1.165) is 0 Å². The summed E-state index contributed by atoms with van der Waals surface area (Å²) in [6.45, 7) is 5.97. The fraction of sp³-hybridized carbons (Fsp3) is 0.429. The molecule has 0 spiro atoms. The maximum Gasteiger partial charge on any atom is 0.0143 e. The maximum atomic E-state index is 3.75. The molecule has 1 unspecified atom stereocenters. The molecule has 0 bridgehead atoms. The van der Waals surface area contributed by atoms with E-state index in [-0.39, 0.29) is 0 Å². The quantitative estimate of drug-likeness (QED) is 0.648. The summed E-state index contributed by atoms with van der Waals surface area (Å²) >= 11 is 3.66. The zero-order valence-corrected chi connectivity index (χ0v) is 11.0. The van der Waals surface area contributed by atoms with Gasteiger partial charge in [0.15, 0.2) is 0 Å². The molecule has 0 aromatic heterocycles. The smallest absolute Gasteiger partial charge is 0.0143 e. The molecule has 0 radical (unpaired) electrons. The molecule has 0 amide bonds. The van der Waals surface area contributed by atoms with Gasteiger partial charge in [0.05, 0.1) is 0 Å². The summed E-state index contributed by atoms with van der Waals surface area (Å²) in [6.07, 6.45) is 6.81. The second kappa shape index (κ2) is 6.84. The number of aryl methyl sites for hydroxylation is 1. The molecule has 1 aromatic rings. The van der Waals surface area contributed by atoms with Crippen LogP contribution in [0, 0.1) is 0 Å². The number of hydrogen-bond donors (Lipinski definition) is 0. The van der Waals surface area contributed by atoms with Crippen LogP contribution in [0.3, 0.4) is 0 Å². The number of benzene rings is 1. The second-order valence-corrected chi connectivity index (χ2v) is 5.14. The lowest BCUT2D eigenvalue weighted by Gasteiger charge is -2.06. The molecular formula is C14H19Br. The molecule has 0 heterocycles. The van der Waals surface area contributed by atoms with Crippen LogP contribution in [-0.2, 0) is 6.42 Å². The Morgan fingerprint density at radius 2 is 2.00 bits per heavy atom. The van der Waals surface area contributed by atoms with E-state index in [2.05, 4.69) is 53.7 Å². The molecule has 1 atom stereocenters. The predicted octanol–water partition coefficient (Wildman–Crippen LogP) is 4.83. The molecule has 0 fully saturated rings. The predicted molar refractivity (Wildman–Crippen MR) is 72.5 cm³/mol. The fourth-order valence-corrected chi connectivity index (χ4v) is 1.88. The van der Waals surface area contributed by atoms with Crippen LogP contribution in [0.4, 0.5) is 0 Å². The van der Waals surface area contributed by atoms with Crippen LogP contribution in [0.1, 0.15) is 37.3 Å². The highest BCUT2D eigenvalue weighted by molar-refractivity contribution is 9.09. The van der Waals surface area contributed by atoms with Crippen LogP contribution in [-0.4, -0.2) is 4.83 Å². The van der Waals surface area contributed by atoms with Crippen molar-refractivity contribution >= 4 is 22.0 Å². The highest BCUT2D eigenvalue weighted by atomic mass is 79.9. The van der Waals surface area contributed by atoms with Crippen LogP contribution in [0.25, 0.3) is 6.08 Å². The molecule has 0 aliphatic carbocycles. The van der Waals surface area contributed by atoms with Gasteiger partial charge in [0, 0.05) is 4.83 Å². The summed E-state index contributed by atoms with van der Waals surface area (Å²) in [5.41, 5.74) is 2.63. The number of alkyl halides is 1. The molecule has 1 rings (SSSR count). The Kier molecular flexibility index (Phi) is 5.70. The van der Waals surface area contributed by atoms with Gasteiger partial charge >= 0.3 is 0 Å². The molecule has 1 heteroatoms. The van der Waals surface area contributed by atoms with Crippen LogP contribution in [0.2, 0.25) is 0 Å². The van der Waals surface area contributed by atoms with E-state index in [1.165, 1.54) is 36.8 Å². The van der Waals surface area contributed by atoms with Crippen molar-refractivity contribution in [2.24, 2.45) is 0 Å². The van der Waals surface area contributed by atoms with Gasteiger partial charge in [-0.3, -0.25) is 0 Å². The number of hydrogen-bond acceptors (Lipinski definition) is 0. The third kappa shape index (κ3) is 4.65. The van der Waals surface area contributed by atoms with Gasteiger partial charge in [0.1, 0.15) is 0 Å². The van der Waals surface area contributed by atoms with Gasteiger partial charge in [0.25, 0.3) is 0 Å². The van der Waals surface area contributed by atoms with Gasteiger partial charge < -0.3 is 0 Å². The Bertz CT molecular complexity index is 287. The van der Waals surface area contributed by atoms with Crippen LogP contribution in [0.5, 0.6) is 0 Å². The molecule has 82 valence electrons. The topological polar surface area (TPSA) is 0 Å². The average molecular weight is 267 g/mol. The Labute approximate surface area is 102 Å². The molecule has 1 aromatic carbocycles. The van der Waals surface area contributed by atoms with E-state index in [0.29, 0.717) is 4.83 Å². The first-order valence-electron chi connectivity index (χ1n) is 5.61. The van der Waals surface area contributed by atoms with Crippen molar-refractivity contribution in [2.75, 3.05) is 0 Å². The minimum atomic E-state index is 0.685. The molecule has 0 nitrogen and oxygen atoms in total. The van der Waals surface area contributed by atoms with Crippen molar-refractivity contribution in [3.8, 4) is 0 Å². The van der Waals surface area contributed by atoms with Crippen LogP contribution in [0.15, 0.2) is 30.8 Å². The Morgan fingerprint density at radius 3 is 2.53 bits per heavy atom. The summed E-state index contributed by atoms with van der Waals surface area (Å²) in [4.78, 5) is 0.685. The summed E-state index contributed by atoms with van der Waals surface area (Å²) in [5.74, 6) is 0. The second-order valence-electron chi connectivity index (χ2n) is 3.84. The maximum absolute atomic E-state index is 3.75. The van der Waals surface area contributed by atoms with E-state index in [9.17, 15) is 0 Å². The summed E-state index contributed by atoms with van der Waals surface area (Å²) < 4.78 is 0. The third-order valence-electron chi connectivity index (χ3n) is 2.64. The lowest BCUT2D eigenvalue weighted by Crippen LogP contribution is -1.96. The largest absolute Gasteiger partial charge is 0.0985 e. The zero-order chi connectivity index (χ0) is 11.1. The molecule has 15 heavy (non-hydrogen) atoms. The third-order valence-corrected chi connectivity index (χ3v) is 3.75. The average Bonchev–Trinajstić information content (AvgIpc) is 2.29. The van der Waals surface area contributed by atoms with Gasteiger partial charge in [-0.05, 0) is 36.8 Å². The van der Waals surface area contributed by atoms with E-state index in [1.807, 2.05) is 6.08 Å². The van der Waals surface area contributed by atoms with Crippen LogP contribution < -0.4 is 0 Å². The monoisotopic (exact) mass is 266 g/mol. The summed E-state index contributed by atoms with van der Waals surface area (Å²) in [7, 11) is 0. The highest BCUT2D eigenvalue weighted by Crippen LogP contribution is 2.15. The van der Waals surface area contributed by atoms with Gasteiger partial charge in [-0.2, -0.15) is 0 Å². The Morgan fingerprint density at radius 1 is 1.33 bits per heavy atom. The zero-order valence-electron chi connectivity index (χ0n) is 9.38. The molecule has 0 aliphatic heterocycles. The van der Waals surface area contributed by atoms with Crippen molar-refractivity contribution in [1.82, 2.24) is 0 Å². The molecule has 0 aliphatic rings. The minimum absolute atomic E-state index is 0.685. The normalized spacial score (nSPS) is 12.4. The SMILES string of the molecule is C=Cc1ccc(CCCC(Br)CC)cc1. The standard InChI is InChI=1S/C14H19Br/c1-3-12-8-10-13(11-9-12)6-5-7-14(15)4-2/h3,8-11,14H,1,4-7H2,2H3. The van der Waals surface area contributed by atoms with Crippen molar-refractivity contribution in [1.29, 1.82) is 0 Å². The lowest BCUT2D eigenvalue weighted by atomic mass is 10.0. The van der Waals surface area contributed by atoms with Gasteiger partial charge in [-0.25, -0.2) is 0 Å². The Balaban J connectivity index is 2.34. The minimum Gasteiger partial charge on any atom is -0.0985 e. The van der Waals surface area contributed by atoms with E-state index >= 15 is 0 Å². The van der Waals surface area contributed by atoms with E-state index in [4.69, 9.17) is 0 Å². The van der Waals surface area contributed by atoms with Gasteiger partial charge in [0.2, 0.25) is 0 Å². The number of rotatable bonds is 6. The molecule has 0 saturated carbocycles. The highest BCUT2D eigenvalue weighted by Gasteiger charge is 2.00. The van der Waals surface area contributed by atoms with Crippen LogP contribution >= 0.6 is 15.9 Å². The molecular weight excluding hydrogens is 248 g/mol. The summed E-state index contributed by atoms with van der Waals surface area (Å²) in [6, 6.07) is 8.67. The Hall–Kier alpha value is -0.560. The first kappa shape index (κ1) is 12.5. The van der Waals surface area contributed by atoms with Crippen molar-refractivity contribution < 1.29 is 0 Å². The van der Waals surface area contributed by atoms with Gasteiger partial charge in [-0.1, -0.05) is 59.8 Å². The summed E-state index contributed by atoms with van der Waals surface area (Å²) in [5, 5.41) is 0. The molecule has 0 N–H and O–H groups in total. The van der Waals surface area contributed by atoms with Gasteiger partial charge in [-0.15, -0.1) is 0 Å². The number of halogens is 1. The van der Waals surface area contributed by atoms with Crippen molar-refractivity contribution in [3.05, 3.63) is 42.0 Å². The molecule has 0 saturated heterocycles. The first-order valence-corrected chi connectivity index (χ1v) is 6.53. The lowest BCUT2D eigenvalue weighted by molar-refractivity contribution is 0.690. The first-order chi connectivity index (χ1) is 7.26. The van der Waals surface area contributed by atoms with E-state index < -0.39 is 0 Å². The van der Waals surface area contributed by atoms with Crippen molar-refractivity contribution in [3.63, 3.8) is 0 Å². The fourth-order valence-electron chi connectivity index (χ4n) is 1.55.